The van der Waals surface area contributed by atoms with Gasteiger partial charge >= 0.3 is 0 Å². The number of para-hydroxylation sites is 3. The van der Waals surface area contributed by atoms with Gasteiger partial charge in [0.15, 0.2) is 17.5 Å². The monoisotopic (exact) mass is 681 g/mol. The van der Waals surface area contributed by atoms with Crippen LogP contribution in [0.2, 0.25) is 0 Å². The Balaban J connectivity index is 1.10. The molecule has 0 saturated carbocycles. The van der Waals surface area contributed by atoms with E-state index in [9.17, 15) is 0 Å². The number of nitrogens with zero attached hydrogens (tertiary/aromatic N) is 5. The molecule has 0 N–H and O–H groups in total. The summed E-state index contributed by atoms with van der Waals surface area (Å²) in [6, 6.07) is 62.0. The summed E-state index contributed by atoms with van der Waals surface area (Å²) in [7, 11) is 0. The predicted molar refractivity (Wildman–Crippen MR) is 217 cm³/mol. The number of fused-ring (bicyclic) bond motifs is 5. The van der Waals surface area contributed by atoms with Crippen molar-refractivity contribution in [2.45, 2.75) is 19.3 Å². The Morgan fingerprint density at radius 2 is 0.849 bits per heavy atom. The summed E-state index contributed by atoms with van der Waals surface area (Å²) in [5, 5.41) is 2.52. The molecule has 0 saturated heterocycles. The van der Waals surface area contributed by atoms with E-state index in [-0.39, 0.29) is 5.41 Å². The van der Waals surface area contributed by atoms with Crippen molar-refractivity contribution >= 4 is 38.9 Å². The van der Waals surface area contributed by atoms with Crippen LogP contribution < -0.4 is 4.90 Å². The third kappa shape index (κ3) is 5.04. The maximum atomic E-state index is 4.97. The summed E-state index contributed by atoms with van der Waals surface area (Å²) in [6.07, 6.45) is 0. The van der Waals surface area contributed by atoms with Gasteiger partial charge in [0.25, 0.3) is 0 Å². The molecule has 0 bridgehead atoms. The average molecular weight is 682 g/mol. The zero-order valence-electron chi connectivity index (χ0n) is 29.5. The van der Waals surface area contributed by atoms with Gasteiger partial charge in [-0.25, -0.2) is 15.0 Å². The SMILES string of the molecule is CC1(C)c2ccccc2N(c2ccc(-c3nc(-c4ccccc4)nc(-c4ccccc4)n3)cc2)c2ccc(-n3c4ccccc4c4ccccc43)cc21. The first-order chi connectivity index (χ1) is 26.0. The molecule has 53 heavy (non-hydrogen) atoms. The van der Waals surface area contributed by atoms with Crippen molar-refractivity contribution in [3.8, 4) is 39.9 Å². The predicted octanol–water partition coefficient (Wildman–Crippen LogP) is 12.1. The van der Waals surface area contributed by atoms with Gasteiger partial charge in [0.2, 0.25) is 0 Å². The fourth-order valence-electron chi connectivity index (χ4n) is 8.01. The molecule has 0 amide bonds. The molecule has 1 aliphatic rings. The zero-order chi connectivity index (χ0) is 35.5. The van der Waals surface area contributed by atoms with Gasteiger partial charge in [-0.15, -0.1) is 0 Å². The number of anilines is 3. The number of aromatic nitrogens is 4. The average Bonchev–Trinajstić information content (AvgIpc) is 3.56. The van der Waals surface area contributed by atoms with Crippen molar-refractivity contribution in [1.82, 2.24) is 19.5 Å². The minimum absolute atomic E-state index is 0.232. The van der Waals surface area contributed by atoms with Crippen LogP contribution in [0.3, 0.4) is 0 Å². The molecule has 0 spiro atoms. The van der Waals surface area contributed by atoms with Crippen molar-refractivity contribution in [1.29, 1.82) is 0 Å². The van der Waals surface area contributed by atoms with Crippen molar-refractivity contribution in [3.05, 3.63) is 187 Å². The first kappa shape index (κ1) is 30.9. The van der Waals surface area contributed by atoms with Crippen molar-refractivity contribution < 1.29 is 0 Å². The molecule has 9 aromatic rings. The molecule has 1 aliphatic heterocycles. The lowest BCUT2D eigenvalue weighted by Crippen LogP contribution is -2.30. The Labute approximate surface area is 308 Å². The van der Waals surface area contributed by atoms with Crippen molar-refractivity contribution in [3.63, 3.8) is 0 Å². The second kappa shape index (κ2) is 12.1. The Kier molecular flexibility index (Phi) is 7.08. The summed E-state index contributed by atoms with van der Waals surface area (Å²) < 4.78 is 2.41. The molecule has 0 fully saturated rings. The minimum Gasteiger partial charge on any atom is -0.310 e. The molecule has 0 radical (unpaired) electrons. The Hall–Kier alpha value is -6.85. The largest absolute Gasteiger partial charge is 0.310 e. The summed E-state index contributed by atoms with van der Waals surface area (Å²) in [5.41, 5.74) is 12.2. The summed E-state index contributed by atoms with van der Waals surface area (Å²) in [5.74, 6) is 1.94. The number of rotatable bonds is 5. The molecule has 10 rings (SSSR count). The van der Waals surface area contributed by atoms with Crippen LogP contribution in [0.1, 0.15) is 25.0 Å². The first-order valence-electron chi connectivity index (χ1n) is 18.0. The zero-order valence-corrected chi connectivity index (χ0v) is 29.5. The molecule has 5 nitrogen and oxygen atoms in total. The van der Waals surface area contributed by atoms with Crippen molar-refractivity contribution in [2.75, 3.05) is 4.90 Å². The summed E-state index contributed by atoms with van der Waals surface area (Å²) in [6.45, 7) is 4.69. The van der Waals surface area contributed by atoms with E-state index < -0.39 is 0 Å². The fourth-order valence-corrected chi connectivity index (χ4v) is 8.01. The van der Waals surface area contributed by atoms with Gasteiger partial charge in [-0.05, 0) is 71.8 Å². The van der Waals surface area contributed by atoms with E-state index in [1.54, 1.807) is 0 Å². The highest BCUT2D eigenvalue weighted by atomic mass is 15.2. The van der Waals surface area contributed by atoms with E-state index in [2.05, 4.69) is 139 Å². The second-order valence-electron chi connectivity index (χ2n) is 14.1. The molecule has 5 heteroatoms. The lowest BCUT2D eigenvalue weighted by atomic mass is 9.73. The fraction of sp³-hybridized carbons (Fsp3) is 0.0625. The standard InChI is InChI=1S/C48H35N5/c1-48(2)39-21-11-14-24-43(39)52(44-30-29-36(31-40(44)48)53-41-22-12-9-19-37(41)38-20-10-13-23-42(38)53)35-27-25-34(26-28-35)47-50-45(32-15-5-3-6-16-32)49-46(51-47)33-17-7-4-8-18-33/h3-31H,1-2H3. The van der Waals surface area contributed by atoms with Crippen LogP contribution in [0.5, 0.6) is 0 Å². The molecule has 7 aromatic carbocycles. The molecule has 0 atom stereocenters. The quantitative estimate of drug-likeness (QED) is 0.181. The van der Waals surface area contributed by atoms with Crippen LogP contribution in [0.4, 0.5) is 17.1 Å². The van der Waals surface area contributed by atoms with E-state index in [1.165, 1.54) is 44.3 Å². The molecule has 252 valence electrons. The van der Waals surface area contributed by atoms with Crippen LogP contribution >= 0.6 is 0 Å². The molecule has 0 aliphatic carbocycles. The number of hydrogen-bond donors (Lipinski definition) is 0. The normalized spacial score (nSPS) is 13.2. The number of benzene rings is 7. The summed E-state index contributed by atoms with van der Waals surface area (Å²) >= 11 is 0. The molecule has 2 aromatic heterocycles. The van der Waals surface area contributed by atoms with Gasteiger partial charge in [-0.2, -0.15) is 0 Å². The maximum Gasteiger partial charge on any atom is 0.164 e. The highest BCUT2D eigenvalue weighted by Crippen LogP contribution is 2.52. The van der Waals surface area contributed by atoms with E-state index in [1.807, 2.05) is 60.7 Å². The van der Waals surface area contributed by atoms with E-state index in [0.29, 0.717) is 17.5 Å². The van der Waals surface area contributed by atoms with Gasteiger partial charge in [0.1, 0.15) is 0 Å². The second-order valence-corrected chi connectivity index (χ2v) is 14.1. The van der Waals surface area contributed by atoms with Crippen LogP contribution in [0.15, 0.2) is 176 Å². The van der Waals surface area contributed by atoms with Gasteiger partial charge in [-0.1, -0.05) is 129 Å². The molecular weight excluding hydrogens is 647 g/mol. The van der Waals surface area contributed by atoms with Crippen LogP contribution in [-0.2, 0) is 5.41 Å². The van der Waals surface area contributed by atoms with Gasteiger partial charge in [0.05, 0.1) is 22.4 Å². The third-order valence-corrected chi connectivity index (χ3v) is 10.6. The smallest absolute Gasteiger partial charge is 0.164 e. The first-order valence-corrected chi connectivity index (χ1v) is 18.0. The van der Waals surface area contributed by atoms with E-state index >= 15 is 0 Å². The highest BCUT2D eigenvalue weighted by molar-refractivity contribution is 6.09. The van der Waals surface area contributed by atoms with Gasteiger partial charge in [-0.3, -0.25) is 0 Å². The third-order valence-electron chi connectivity index (χ3n) is 10.6. The molecule has 0 unspecified atom stereocenters. The minimum atomic E-state index is -0.232. The Morgan fingerprint density at radius 3 is 1.43 bits per heavy atom. The topological polar surface area (TPSA) is 46.8 Å². The van der Waals surface area contributed by atoms with E-state index in [0.717, 1.165) is 28.1 Å². The van der Waals surface area contributed by atoms with Crippen LogP contribution in [0.25, 0.3) is 61.7 Å². The molecule has 3 heterocycles. The lowest BCUT2D eigenvalue weighted by molar-refractivity contribution is 0.631. The summed E-state index contributed by atoms with van der Waals surface area (Å²) in [4.78, 5) is 17.2. The van der Waals surface area contributed by atoms with Gasteiger partial charge < -0.3 is 9.47 Å². The lowest BCUT2D eigenvalue weighted by Gasteiger charge is -2.42. The highest BCUT2D eigenvalue weighted by Gasteiger charge is 2.37. The molecular formula is C48H35N5. The number of hydrogen-bond acceptors (Lipinski definition) is 4. The van der Waals surface area contributed by atoms with Crippen LogP contribution in [0, 0.1) is 0 Å². The van der Waals surface area contributed by atoms with Gasteiger partial charge in [0, 0.05) is 44.3 Å². The van der Waals surface area contributed by atoms with Crippen molar-refractivity contribution in [2.24, 2.45) is 0 Å². The maximum absolute atomic E-state index is 4.97. The Bertz CT molecular complexity index is 2690. The Morgan fingerprint density at radius 1 is 0.396 bits per heavy atom. The van der Waals surface area contributed by atoms with E-state index in [4.69, 9.17) is 15.0 Å². The van der Waals surface area contributed by atoms with Crippen LogP contribution in [-0.4, -0.2) is 19.5 Å².